The maximum Gasteiger partial charge on any atom is 0.113 e. The van der Waals surface area contributed by atoms with Crippen LogP contribution in [0.25, 0.3) is 99.7 Å². The summed E-state index contributed by atoms with van der Waals surface area (Å²) in [5, 5.41) is 4.89. The Labute approximate surface area is 311 Å². The molecule has 11 rings (SSSR count). The Balaban J connectivity index is 1.12. The summed E-state index contributed by atoms with van der Waals surface area (Å²) in [5.74, 6) is 0. The summed E-state index contributed by atoms with van der Waals surface area (Å²) in [7, 11) is 0. The van der Waals surface area contributed by atoms with E-state index in [1.54, 1.807) is 0 Å². The van der Waals surface area contributed by atoms with Gasteiger partial charge in [0, 0.05) is 38.4 Å². The van der Waals surface area contributed by atoms with Crippen molar-refractivity contribution in [3.05, 3.63) is 194 Å². The van der Waals surface area contributed by atoms with Crippen LogP contribution >= 0.6 is 0 Å². The largest absolute Gasteiger partial charge is 0.309 e. The summed E-state index contributed by atoms with van der Waals surface area (Å²) in [4.78, 5) is 10.7. The predicted octanol–water partition coefficient (Wildman–Crippen LogP) is 12.8. The minimum absolute atomic E-state index is 0.858. The number of rotatable bonds is 5. The average molecular weight is 689 g/mol. The molecule has 0 saturated heterocycles. The molecule has 0 amide bonds. The summed E-state index contributed by atoms with van der Waals surface area (Å²) in [6.07, 6.45) is 0. The van der Waals surface area contributed by atoms with E-state index in [-0.39, 0.29) is 0 Å². The second-order valence-electron chi connectivity index (χ2n) is 13.8. The van der Waals surface area contributed by atoms with Crippen LogP contribution in [0.3, 0.4) is 0 Å². The van der Waals surface area contributed by atoms with Crippen LogP contribution in [0.15, 0.2) is 194 Å². The fraction of sp³-hybridized carbons (Fsp3) is 0. The number of aromatic nitrogens is 4. The lowest BCUT2D eigenvalue weighted by Gasteiger charge is -2.15. The van der Waals surface area contributed by atoms with E-state index in [9.17, 15) is 0 Å². The van der Waals surface area contributed by atoms with Gasteiger partial charge in [-0.15, -0.1) is 0 Å². The molecule has 0 aliphatic carbocycles. The van der Waals surface area contributed by atoms with E-state index in [0.29, 0.717) is 0 Å². The molecular weight excluding hydrogens is 657 g/mol. The van der Waals surface area contributed by atoms with Crippen molar-refractivity contribution in [2.45, 2.75) is 0 Å². The summed E-state index contributed by atoms with van der Waals surface area (Å²) in [5.41, 5.74) is 14.8. The smallest absolute Gasteiger partial charge is 0.113 e. The van der Waals surface area contributed by atoms with Crippen molar-refractivity contribution in [3.63, 3.8) is 0 Å². The van der Waals surface area contributed by atoms with E-state index in [0.717, 1.165) is 56.0 Å². The van der Waals surface area contributed by atoms with E-state index < -0.39 is 0 Å². The Morgan fingerprint density at radius 1 is 0.315 bits per heavy atom. The number of para-hydroxylation sites is 4. The fourth-order valence-electron chi connectivity index (χ4n) is 8.26. The lowest BCUT2D eigenvalue weighted by molar-refractivity contribution is 1.17. The third-order valence-corrected chi connectivity index (χ3v) is 10.7. The Morgan fingerprint density at radius 3 is 1.41 bits per heavy atom. The van der Waals surface area contributed by atoms with Gasteiger partial charge in [0.15, 0.2) is 0 Å². The van der Waals surface area contributed by atoms with Gasteiger partial charge in [0.1, 0.15) is 5.52 Å². The van der Waals surface area contributed by atoms with Crippen molar-refractivity contribution in [3.8, 4) is 45.0 Å². The molecule has 3 aromatic heterocycles. The van der Waals surface area contributed by atoms with Crippen LogP contribution in [0.1, 0.15) is 0 Å². The molecule has 0 aliphatic heterocycles. The second kappa shape index (κ2) is 12.1. The van der Waals surface area contributed by atoms with Gasteiger partial charge >= 0.3 is 0 Å². The van der Waals surface area contributed by atoms with Gasteiger partial charge in [-0.2, -0.15) is 0 Å². The standard InChI is InChI=1S/C50H32N4/c1-4-15-33(16-5-1)48-49(34-17-6-2-7-18-34)52-50-42(51-48)23-14-26-47(50)54-44-25-13-11-22-39(44)41-32-36(28-30-46(41)54)35-27-29-45-40(31-35)38-21-10-12-24-43(38)53(45)37-19-8-3-9-20-37/h1-32H. The van der Waals surface area contributed by atoms with Crippen molar-refractivity contribution in [1.29, 1.82) is 0 Å². The maximum atomic E-state index is 5.45. The first-order chi connectivity index (χ1) is 26.8. The molecule has 11 aromatic rings. The average Bonchev–Trinajstić information content (AvgIpc) is 3.76. The van der Waals surface area contributed by atoms with Gasteiger partial charge in [-0.05, 0) is 71.8 Å². The number of nitrogens with zero attached hydrogens (tertiary/aromatic N) is 4. The van der Waals surface area contributed by atoms with Crippen LogP contribution in [0.4, 0.5) is 0 Å². The molecule has 0 fully saturated rings. The van der Waals surface area contributed by atoms with E-state index in [1.807, 2.05) is 12.1 Å². The monoisotopic (exact) mass is 688 g/mol. The summed E-state index contributed by atoms with van der Waals surface area (Å²) >= 11 is 0. The molecule has 0 radical (unpaired) electrons. The molecule has 0 spiro atoms. The van der Waals surface area contributed by atoms with Crippen molar-refractivity contribution in [1.82, 2.24) is 19.1 Å². The van der Waals surface area contributed by atoms with Crippen LogP contribution in [0, 0.1) is 0 Å². The molecule has 4 heteroatoms. The van der Waals surface area contributed by atoms with Gasteiger partial charge < -0.3 is 9.13 Å². The Hall–Kier alpha value is -7.30. The number of hydrogen-bond donors (Lipinski definition) is 0. The van der Waals surface area contributed by atoms with Gasteiger partial charge in [0.25, 0.3) is 0 Å². The molecule has 4 nitrogen and oxygen atoms in total. The van der Waals surface area contributed by atoms with Crippen LogP contribution in [0.2, 0.25) is 0 Å². The molecular formula is C50H32N4. The highest BCUT2D eigenvalue weighted by Gasteiger charge is 2.20. The Kier molecular flexibility index (Phi) is 6.82. The Morgan fingerprint density at radius 2 is 0.796 bits per heavy atom. The van der Waals surface area contributed by atoms with Gasteiger partial charge in [0.2, 0.25) is 0 Å². The van der Waals surface area contributed by atoms with Gasteiger partial charge in [-0.3, -0.25) is 0 Å². The summed E-state index contributed by atoms with van der Waals surface area (Å²) in [6, 6.07) is 68.9. The predicted molar refractivity (Wildman–Crippen MR) is 225 cm³/mol. The third kappa shape index (κ3) is 4.70. The topological polar surface area (TPSA) is 35.6 Å². The van der Waals surface area contributed by atoms with Gasteiger partial charge in [-0.25, -0.2) is 9.97 Å². The molecule has 0 N–H and O–H groups in total. The van der Waals surface area contributed by atoms with Crippen molar-refractivity contribution in [2.75, 3.05) is 0 Å². The minimum atomic E-state index is 0.858. The molecule has 252 valence electrons. The zero-order valence-electron chi connectivity index (χ0n) is 29.3. The third-order valence-electron chi connectivity index (χ3n) is 10.7. The highest BCUT2D eigenvalue weighted by molar-refractivity contribution is 6.13. The molecule has 8 aromatic carbocycles. The van der Waals surface area contributed by atoms with Gasteiger partial charge in [-0.1, -0.05) is 133 Å². The lowest BCUT2D eigenvalue weighted by atomic mass is 10.0. The molecule has 0 unspecified atom stereocenters. The molecule has 0 aliphatic rings. The highest BCUT2D eigenvalue weighted by atomic mass is 15.0. The first-order valence-corrected chi connectivity index (χ1v) is 18.3. The van der Waals surface area contributed by atoms with Crippen LogP contribution in [0.5, 0.6) is 0 Å². The SMILES string of the molecule is c1ccc(-c2nc3cccc(-n4c5ccccc5c5cc(-c6ccc7c(c6)c6ccccc6n7-c6ccccc6)ccc54)c3nc2-c2ccccc2)cc1. The summed E-state index contributed by atoms with van der Waals surface area (Å²) in [6.45, 7) is 0. The number of hydrogen-bond acceptors (Lipinski definition) is 2. The van der Waals surface area contributed by atoms with E-state index in [2.05, 4.69) is 191 Å². The molecule has 54 heavy (non-hydrogen) atoms. The van der Waals surface area contributed by atoms with E-state index >= 15 is 0 Å². The zero-order chi connectivity index (χ0) is 35.6. The van der Waals surface area contributed by atoms with Crippen LogP contribution in [-0.2, 0) is 0 Å². The quantitative estimate of drug-likeness (QED) is 0.180. The Bertz CT molecular complexity index is 3200. The first kappa shape index (κ1) is 30.3. The molecule has 0 bridgehead atoms. The van der Waals surface area contributed by atoms with Crippen molar-refractivity contribution < 1.29 is 0 Å². The van der Waals surface area contributed by atoms with Gasteiger partial charge in [0.05, 0.1) is 44.7 Å². The van der Waals surface area contributed by atoms with E-state index in [4.69, 9.17) is 9.97 Å². The zero-order valence-corrected chi connectivity index (χ0v) is 29.3. The fourth-order valence-corrected chi connectivity index (χ4v) is 8.26. The molecule has 0 atom stereocenters. The minimum Gasteiger partial charge on any atom is -0.309 e. The molecule has 3 heterocycles. The van der Waals surface area contributed by atoms with Crippen LogP contribution in [-0.4, -0.2) is 19.1 Å². The molecule has 0 saturated carbocycles. The number of fused-ring (bicyclic) bond motifs is 7. The van der Waals surface area contributed by atoms with Crippen molar-refractivity contribution in [2.24, 2.45) is 0 Å². The maximum absolute atomic E-state index is 5.45. The van der Waals surface area contributed by atoms with Crippen molar-refractivity contribution >= 4 is 54.6 Å². The van der Waals surface area contributed by atoms with Crippen LogP contribution < -0.4 is 0 Å². The summed E-state index contributed by atoms with van der Waals surface area (Å²) < 4.78 is 4.73. The lowest BCUT2D eigenvalue weighted by Crippen LogP contribution is -2.01. The van der Waals surface area contributed by atoms with E-state index in [1.165, 1.54) is 43.7 Å². The number of benzene rings is 8. The first-order valence-electron chi connectivity index (χ1n) is 18.3. The normalized spacial score (nSPS) is 11.7. The second-order valence-corrected chi connectivity index (χ2v) is 13.8. The highest BCUT2D eigenvalue weighted by Crippen LogP contribution is 2.40.